The van der Waals surface area contributed by atoms with Crippen molar-refractivity contribution in [1.29, 1.82) is 0 Å². The Morgan fingerprint density at radius 1 is 0.379 bits per heavy atom. The number of rotatable bonds is 10. The summed E-state index contributed by atoms with van der Waals surface area (Å²) in [5.41, 5.74) is 19.8. The Labute approximate surface area is 389 Å². The predicted molar refractivity (Wildman–Crippen MR) is 280 cm³/mol. The summed E-state index contributed by atoms with van der Waals surface area (Å²) in [6.45, 7) is 13.5. The van der Waals surface area contributed by atoms with Gasteiger partial charge in [0.05, 0.1) is 5.69 Å². The van der Waals surface area contributed by atoms with Crippen LogP contribution in [0.4, 0.5) is 17.3 Å². The molecule has 10 rings (SSSR count). The van der Waals surface area contributed by atoms with E-state index < -0.39 is 0 Å². The van der Waals surface area contributed by atoms with Crippen LogP contribution in [0.15, 0.2) is 200 Å². The average molecular weight is 851 g/mol. The van der Waals surface area contributed by atoms with Gasteiger partial charge in [0.25, 0.3) is 0 Å². The molecule has 10 aromatic rings. The highest BCUT2D eigenvalue weighted by molar-refractivity contribution is 6.96. The van der Waals surface area contributed by atoms with Crippen molar-refractivity contribution in [3.63, 3.8) is 0 Å². The zero-order valence-electron chi connectivity index (χ0n) is 38.4. The van der Waals surface area contributed by atoms with Crippen LogP contribution in [0, 0.1) is 41.5 Å². The molecule has 0 aliphatic carbocycles. The quantitative estimate of drug-likeness (QED) is 0.129. The predicted octanol–water partition coefficient (Wildman–Crippen LogP) is 13.5. The molecule has 5 heteroatoms. The van der Waals surface area contributed by atoms with Gasteiger partial charge in [-0.3, -0.25) is 4.90 Å². The third kappa shape index (κ3) is 8.09. The molecule has 1 heterocycles. The normalized spacial score (nSPS) is 11.2. The van der Waals surface area contributed by atoms with Gasteiger partial charge in [0.1, 0.15) is 0 Å². The van der Waals surface area contributed by atoms with Crippen molar-refractivity contribution in [3.05, 3.63) is 234 Å². The number of benzene rings is 9. The van der Waals surface area contributed by atoms with Crippen molar-refractivity contribution in [2.45, 2.75) is 41.5 Å². The van der Waals surface area contributed by atoms with Gasteiger partial charge >= 0.3 is 0 Å². The molecule has 0 unspecified atom stereocenters. The van der Waals surface area contributed by atoms with Gasteiger partial charge in [-0.1, -0.05) is 232 Å². The standard InChI is InChI=1S/C61H51BN4/c1-40-36-42(3)57(43(4)37-40)62(58-44(5)38-41(2)39-45(58)6)49-32-34-50(35-33-49)66(56-31-18-17-28-53(56)48-22-11-8-12-23-48)61-64-59(54-29-16-15-27-51(54)46-20-9-7-10-21-46)63-60(65-61)55-30-19-25-47-24-13-14-26-52(47)55/h7-39H,1-6H3. The molecule has 0 saturated heterocycles. The first-order chi connectivity index (χ1) is 32.2. The van der Waals surface area contributed by atoms with Crippen LogP contribution in [0.2, 0.25) is 0 Å². The molecule has 0 aliphatic rings. The van der Waals surface area contributed by atoms with Crippen molar-refractivity contribution in [2.24, 2.45) is 0 Å². The second-order valence-electron chi connectivity index (χ2n) is 17.6. The van der Waals surface area contributed by atoms with Crippen LogP contribution in [0.1, 0.15) is 33.4 Å². The molecule has 0 N–H and O–H groups in total. The van der Waals surface area contributed by atoms with Crippen LogP contribution in [0.5, 0.6) is 0 Å². The number of nitrogens with zero attached hydrogens (tertiary/aromatic N) is 4. The van der Waals surface area contributed by atoms with Crippen LogP contribution >= 0.6 is 0 Å². The molecule has 9 aromatic carbocycles. The second kappa shape index (κ2) is 17.9. The van der Waals surface area contributed by atoms with Crippen molar-refractivity contribution < 1.29 is 0 Å². The van der Waals surface area contributed by atoms with Crippen LogP contribution in [0.25, 0.3) is 55.8 Å². The highest BCUT2D eigenvalue weighted by Gasteiger charge is 2.30. The summed E-state index contributed by atoms with van der Waals surface area (Å²) >= 11 is 0. The molecule has 4 nitrogen and oxygen atoms in total. The summed E-state index contributed by atoms with van der Waals surface area (Å²) < 4.78 is 0. The topological polar surface area (TPSA) is 41.9 Å². The van der Waals surface area contributed by atoms with E-state index in [4.69, 9.17) is 15.0 Å². The number of anilines is 3. The maximum Gasteiger partial charge on any atom is 0.242 e. The highest BCUT2D eigenvalue weighted by Crippen LogP contribution is 2.41. The Hall–Kier alpha value is -7.89. The van der Waals surface area contributed by atoms with E-state index in [0.29, 0.717) is 17.6 Å². The molecule has 1 aromatic heterocycles. The number of hydrogen-bond acceptors (Lipinski definition) is 4. The molecule has 318 valence electrons. The van der Waals surface area contributed by atoms with E-state index in [2.05, 4.69) is 241 Å². The SMILES string of the molecule is Cc1cc(C)c(B(c2ccc(N(c3nc(-c4ccccc4-c4ccccc4)nc(-c4cccc5ccccc45)n3)c3ccccc3-c3ccccc3)cc2)c2c(C)cc(C)cc2C)c(C)c1. The van der Waals surface area contributed by atoms with E-state index in [0.717, 1.165) is 55.5 Å². The summed E-state index contributed by atoms with van der Waals surface area (Å²) in [4.78, 5) is 18.6. The molecule has 0 bridgehead atoms. The smallest absolute Gasteiger partial charge is 0.242 e. The number of hydrogen-bond donors (Lipinski definition) is 0. The molecule has 0 atom stereocenters. The zero-order valence-corrected chi connectivity index (χ0v) is 38.4. The van der Waals surface area contributed by atoms with Gasteiger partial charge in [-0.25, -0.2) is 4.98 Å². The molecule has 66 heavy (non-hydrogen) atoms. The van der Waals surface area contributed by atoms with E-state index in [1.165, 1.54) is 49.8 Å². The molecule has 0 radical (unpaired) electrons. The summed E-state index contributed by atoms with van der Waals surface area (Å²) in [5.74, 6) is 1.72. The number of aromatic nitrogens is 3. The van der Waals surface area contributed by atoms with E-state index in [1.807, 2.05) is 6.07 Å². The molecular formula is C61H51BN4. The largest absolute Gasteiger partial charge is 0.278 e. The summed E-state index contributed by atoms with van der Waals surface area (Å²) in [6.07, 6.45) is 0. The molecule has 0 amide bonds. The fourth-order valence-corrected chi connectivity index (χ4v) is 10.2. The van der Waals surface area contributed by atoms with E-state index in [1.54, 1.807) is 0 Å². The van der Waals surface area contributed by atoms with Crippen LogP contribution < -0.4 is 21.3 Å². The molecular weight excluding hydrogens is 800 g/mol. The van der Waals surface area contributed by atoms with E-state index >= 15 is 0 Å². The Morgan fingerprint density at radius 2 is 0.833 bits per heavy atom. The first kappa shape index (κ1) is 42.1. The lowest BCUT2D eigenvalue weighted by atomic mass is 9.34. The minimum atomic E-state index is 0.0292. The summed E-state index contributed by atoms with van der Waals surface area (Å²) in [7, 11) is 0. The maximum absolute atomic E-state index is 5.50. The molecule has 0 spiro atoms. The number of aryl methyl sites for hydroxylation is 6. The first-order valence-electron chi connectivity index (χ1n) is 22.8. The second-order valence-corrected chi connectivity index (χ2v) is 17.6. The average Bonchev–Trinajstić information content (AvgIpc) is 3.34. The Bertz CT molecular complexity index is 3270. The van der Waals surface area contributed by atoms with Gasteiger partial charge in [0.15, 0.2) is 11.6 Å². The van der Waals surface area contributed by atoms with Crippen LogP contribution in [-0.4, -0.2) is 21.7 Å². The number of para-hydroxylation sites is 1. The maximum atomic E-state index is 5.50. The fourth-order valence-electron chi connectivity index (χ4n) is 10.2. The summed E-state index contributed by atoms with van der Waals surface area (Å²) in [5, 5.41) is 2.20. The highest BCUT2D eigenvalue weighted by atomic mass is 15.3. The fraction of sp³-hybridized carbons (Fsp3) is 0.0984. The van der Waals surface area contributed by atoms with Gasteiger partial charge in [0, 0.05) is 22.4 Å². The Kier molecular flexibility index (Phi) is 11.4. The number of fused-ring (bicyclic) bond motifs is 1. The Morgan fingerprint density at radius 3 is 1.44 bits per heavy atom. The van der Waals surface area contributed by atoms with Crippen LogP contribution in [0.3, 0.4) is 0 Å². The van der Waals surface area contributed by atoms with E-state index in [9.17, 15) is 0 Å². The van der Waals surface area contributed by atoms with Gasteiger partial charge in [0.2, 0.25) is 12.7 Å². The van der Waals surface area contributed by atoms with Crippen molar-refractivity contribution >= 4 is 51.2 Å². The van der Waals surface area contributed by atoms with Crippen molar-refractivity contribution in [3.8, 4) is 45.0 Å². The zero-order chi connectivity index (χ0) is 45.3. The Balaban J connectivity index is 1.23. The minimum absolute atomic E-state index is 0.0292. The lowest BCUT2D eigenvalue weighted by Gasteiger charge is -2.28. The third-order valence-corrected chi connectivity index (χ3v) is 12.9. The summed E-state index contributed by atoms with van der Waals surface area (Å²) in [6, 6.07) is 71.3. The molecule has 0 aliphatic heterocycles. The lowest BCUT2D eigenvalue weighted by molar-refractivity contribution is 1.02. The van der Waals surface area contributed by atoms with Gasteiger partial charge in [-0.2, -0.15) is 9.97 Å². The molecule has 0 saturated carbocycles. The lowest BCUT2D eigenvalue weighted by Crippen LogP contribution is -2.55. The first-order valence-corrected chi connectivity index (χ1v) is 22.8. The van der Waals surface area contributed by atoms with Crippen LogP contribution in [-0.2, 0) is 0 Å². The third-order valence-electron chi connectivity index (χ3n) is 12.9. The van der Waals surface area contributed by atoms with E-state index in [-0.39, 0.29) is 6.71 Å². The monoisotopic (exact) mass is 850 g/mol. The van der Waals surface area contributed by atoms with Crippen molar-refractivity contribution in [1.82, 2.24) is 15.0 Å². The minimum Gasteiger partial charge on any atom is -0.278 e. The molecule has 0 fully saturated rings. The van der Waals surface area contributed by atoms with Crippen molar-refractivity contribution in [2.75, 3.05) is 4.90 Å². The van der Waals surface area contributed by atoms with Gasteiger partial charge in [-0.15, -0.1) is 0 Å². The van der Waals surface area contributed by atoms with Gasteiger partial charge in [-0.05, 0) is 87.2 Å². The van der Waals surface area contributed by atoms with Gasteiger partial charge < -0.3 is 0 Å².